The number of aromatic nitrogens is 2. The number of nitrogens with one attached hydrogen (secondary N) is 1. The van der Waals surface area contributed by atoms with E-state index in [-0.39, 0.29) is 11.2 Å². The molecule has 6 heteroatoms. The van der Waals surface area contributed by atoms with Gasteiger partial charge in [0, 0.05) is 16.6 Å². The molecule has 3 aromatic carbocycles. The lowest BCUT2D eigenvalue weighted by Crippen LogP contribution is -2.23. The highest BCUT2D eigenvalue weighted by atomic mass is 32.2. The van der Waals surface area contributed by atoms with E-state index in [0.29, 0.717) is 12.4 Å². The lowest BCUT2D eigenvalue weighted by molar-refractivity contribution is -0.115. The summed E-state index contributed by atoms with van der Waals surface area (Å²) in [5.74, 6) is 1.33. The first-order valence-electron chi connectivity index (χ1n) is 11.0. The van der Waals surface area contributed by atoms with E-state index in [9.17, 15) is 4.79 Å². The fourth-order valence-corrected chi connectivity index (χ4v) is 4.53. The Bertz CT molecular complexity index is 1270. The first-order chi connectivity index (χ1) is 16.0. The summed E-state index contributed by atoms with van der Waals surface area (Å²) >= 11 is 1.43. The molecule has 0 fully saturated rings. The molecule has 4 rings (SSSR count). The second kappa shape index (κ2) is 10.0. The molecule has 1 N–H and O–H groups in total. The summed E-state index contributed by atoms with van der Waals surface area (Å²) < 4.78 is 5.70. The second-order valence-corrected chi connectivity index (χ2v) is 9.18. The monoisotopic (exact) mass is 457 g/mol. The summed E-state index contributed by atoms with van der Waals surface area (Å²) in [6.07, 6.45) is 0. The van der Waals surface area contributed by atoms with Crippen molar-refractivity contribution in [3.63, 3.8) is 0 Å². The van der Waals surface area contributed by atoms with Crippen LogP contribution in [0.25, 0.3) is 22.3 Å². The molecule has 1 atom stereocenters. The summed E-state index contributed by atoms with van der Waals surface area (Å²) in [5, 5.41) is 4.36. The van der Waals surface area contributed by atoms with E-state index in [4.69, 9.17) is 14.7 Å². The van der Waals surface area contributed by atoms with E-state index in [1.807, 2.05) is 94.4 Å². The Morgan fingerprint density at radius 3 is 2.42 bits per heavy atom. The highest BCUT2D eigenvalue weighted by Gasteiger charge is 2.20. The molecular formula is C27H27N3O2S. The highest BCUT2D eigenvalue weighted by molar-refractivity contribution is 8.00. The molecule has 5 nitrogen and oxygen atoms in total. The molecular weight excluding hydrogens is 430 g/mol. The van der Waals surface area contributed by atoms with Crippen LogP contribution in [0.3, 0.4) is 0 Å². The Labute approximate surface area is 198 Å². The molecule has 0 bridgehead atoms. The molecule has 0 aliphatic carbocycles. The van der Waals surface area contributed by atoms with Gasteiger partial charge in [-0.3, -0.25) is 4.79 Å². The number of carbonyl (C=O) groups is 1. The van der Waals surface area contributed by atoms with Crippen molar-refractivity contribution < 1.29 is 9.53 Å². The number of para-hydroxylation sites is 1. The fourth-order valence-electron chi connectivity index (χ4n) is 3.60. The average molecular weight is 458 g/mol. The number of hydrogen-bond donors (Lipinski definition) is 1. The number of amides is 1. The summed E-state index contributed by atoms with van der Waals surface area (Å²) in [5.41, 5.74) is 4.70. The molecule has 0 saturated carbocycles. The van der Waals surface area contributed by atoms with Gasteiger partial charge in [-0.2, -0.15) is 0 Å². The molecule has 1 amide bonds. The van der Waals surface area contributed by atoms with Crippen molar-refractivity contribution in [2.24, 2.45) is 0 Å². The average Bonchev–Trinajstić information content (AvgIpc) is 2.82. The minimum absolute atomic E-state index is 0.0635. The van der Waals surface area contributed by atoms with E-state index in [1.165, 1.54) is 11.8 Å². The Morgan fingerprint density at radius 2 is 1.73 bits per heavy atom. The van der Waals surface area contributed by atoms with Gasteiger partial charge < -0.3 is 10.1 Å². The summed E-state index contributed by atoms with van der Waals surface area (Å²) in [6, 6.07) is 21.7. The normalized spacial score (nSPS) is 11.9. The van der Waals surface area contributed by atoms with Crippen LogP contribution in [0.5, 0.6) is 5.75 Å². The SMILES string of the molecule is CCOc1ccc2nc(-c3ccccc3)nc(S[C@@H](C)C(=O)Nc3c(C)cccc3C)c2c1. The van der Waals surface area contributed by atoms with Gasteiger partial charge in [-0.15, -0.1) is 0 Å². The minimum Gasteiger partial charge on any atom is -0.494 e. The predicted octanol–water partition coefficient (Wildman–Crippen LogP) is 6.43. The van der Waals surface area contributed by atoms with E-state index in [2.05, 4.69) is 5.32 Å². The van der Waals surface area contributed by atoms with Crippen LogP contribution in [0.2, 0.25) is 0 Å². The Morgan fingerprint density at radius 1 is 1.00 bits per heavy atom. The van der Waals surface area contributed by atoms with Crippen molar-refractivity contribution >= 4 is 34.3 Å². The third-order valence-corrected chi connectivity index (χ3v) is 6.46. The number of thioether (sulfide) groups is 1. The van der Waals surface area contributed by atoms with Crippen LogP contribution >= 0.6 is 11.8 Å². The van der Waals surface area contributed by atoms with Gasteiger partial charge in [0.1, 0.15) is 10.8 Å². The van der Waals surface area contributed by atoms with Gasteiger partial charge in [-0.1, -0.05) is 60.3 Å². The molecule has 4 aromatic rings. The molecule has 168 valence electrons. The van der Waals surface area contributed by atoms with Crippen LogP contribution < -0.4 is 10.1 Å². The van der Waals surface area contributed by atoms with Crippen molar-refractivity contribution in [2.75, 3.05) is 11.9 Å². The molecule has 1 heterocycles. The first kappa shape index (κ1) is 22.8. The summed E-state index contributed by atoms with van der Waals surface area (Å²) in [6.45, 7) is 8.43. The maximum absolute atomic E-state index is 13.1. The molecule has 0 radical (unpaired) electrons. The fraction of sp³-hybridized carbons (Fsp3) is 0.222. The number of carbonyl (C=O) groups excluding carboxylic acids is 1. The summed E-state index contributed by atoms with van der Waals surface area (Å²) in [4.78, 5) is 22.7. The highest BCUT2D eigenvalue weighted by Crippen LogP contribution is 2.33. The Balaban J connectivity index is 1.69. The lowest BCUT2D eigenvalue weighted by atomic mass is 10.1. The van der Waals surface area contributed by atoms with E-state index in [0.717, 1.165) is 44.1 Å². The lowest BCUT2D eigenvalue weighted by Gasteiger charge is -2.16. The molecule has 33 heavy (non-hydrogen) atoms. The van der Waals surface area contributed by atoms with Crippen LogP contribution in [-0.4, -0.2) is 27.7 Å². The van der Waals surface area contributed by atoms with Gasteiger partial charge in [0.05, 0.1) is 17.4 Å². The smallest absolute Gasteiger partial charge is 0.237 e. The van der Waals surface area contributed by atoms with Gasteiger partial charge in [-0.05, 0) is 57.0 Å². The quantitative estimate of drug-likeness (QED) is 0.256. The molecule has 0 saturated heterocycles. The Kier molecular flexibility index (Phi) is 6.94. The zero-order chi connectivity index (χ0) is 23.4. The standard InChI is InChI=1S/C27H27N3O2S/c1-5-32-21-14-15-23-22(16-21)27(30-25(28-23)20-12-7-6-8-13-20)33-19(4)26(31)29-24-17(2)10-9-11-18(24)3/h6-16,19H,5H2,1-4H3,(H,29,31)/t19-/m0/s1. The van der Waals surface area contributed by atoms with Gasteiger partial charge in [-0.25, -0.2) is 9.97 Å². The topological polar surface area (TPSA) is 64.1 Å². The number of benzene rings is 3. The number of rotatable bonds is 7. The van der Waals surface area contributed by atoms with Gasteiger partial charge in [0.25, 0.3) is 0 Å². The van der Waals surface area contributed by atoms with E-state index < -0.39 is 0 Å². The summed E-state index contributed by atoms with van der Waals surface area (Å²) in [7, 11) is 0. The van der Waals surface area contributed by atoms with Crippen LogP contribution in [0.4, 0.5) is 5.69 Å². The predicted molar refractivity (Wildman–Crippen MR) is 136 cm³/mol. The van der Waals surface area contributed by atoms with Crippen molar-refractivity contribution in [3.8, 4) is 17.1 Å². The number of nitrogens with zero attached hydrogens (tertiary/aromatic N) is 2. The first-order valence-corrected chi connectivity index (χ1v) is 11.9. The maximum atomic E-state index is 13.1. The van der Waals surface area contributed by atoms with Crippen molar-refractivity contribution in [2.45, 2.75) is 38.0 Å². The molecule has 0 aliphatic rings. The minimum atomic E-state index is -0.360. The number of ether oxygens (including phenoxy) is 1. The maximum Gasteiger partial charge on any atom is 0.237 e. The third-order valence-electron chi connectivity index (χ3n) is 5.36. The van der Waals surface area contributed by atoms with Gasteiger partial charge in [0.15, 0.2) is 5.82 Å². The van der Waals surface area contributed by atoms with Crippen LogP contribution in [0.15, 0.2) is 71.8 Å². The van der Waals surface area contributed by atoms with Crippen molar-refractivity contribution in [1.82, 2.24) is 9.97 Å². The Hall–Kier alpha value is -3.38. The van der Waals surface area contributed by atoms with Crippen LogP contribution in [0.1, 0.15) is 25.0 Å². The van der Waals surface area contributed by atoms with E-state index in [1.54, 1.807) is 0 Å². The third kappa shape index (κ3) is 5.17. The van der Waals surface area contributed by atoms with E-state index >= 15 is 0 Å². The zero-order valence-electron chi connectivity index (χ0n) is 19.3. The van der Waals surface area contributed by atoms with Crippen molar-refractivity contribution in [3.05, 3.63) is 77.9 Å². The van der Waals surface area contributed by atoms with Gasteiger partial charge in [0.2, 0.25) is 5.91 Å². The molecule has 0 aliphatic heterocycles. The zero-order valence-corrected chi connectivity index (χ0v) is 20.1. The molecule has 1 aromatic heterocycles. The number of hydrogen-bond acceptors (Lipinski definition) is 5. The van der Waals surface area contributed by atoms with Gasteiger partial charge >= 0.3 is 0 Å². The number of aryl methyl sites for hydroxylation is 2. The largest absolute Gasteiger partial charge is 0.494 e. The number of fused-ring (bicyclic) bond motifs is 1. The van der Waals surface area contributed by atoms with Crippen LogP contribution in [0, 0.1) is 13.8 Å². The van der Waals surface area contributed by atoms with Crippen molar-refractivity contribution in [1.29, 1.82) is 0 Å². The molecule has 0 unspecified atom stereocenters. The second-order valence-electron chi connectivity index (χ2n) is 7.85. The number of anilines is 1. The molecule has 0 spiro atoms. The van der Waals surface area contributed by atoms with Crippen LogP contribution in [-0.2, 0) is 4.79 Å².